The summed E-state index contributed by atoms with van der Waals surface area (Å²) in [6.07, 6.45) is 3.34. The third-order valence-electron chi connectivity index (χ3n) is 2.67. The molecule has 0 heterocycles. The van der Waals surface area contributed by atoms with Crippen LogP contribution >= 0.6 is 11.6 Å². The minimum atomic E-state index is -0.359. The van der Waals surface area contributed by atoms with Crippen molar-refractivity contribution in [1.82, 2.24) is 0 Å². The molecule has 1 aromatic carbocycles. The van der Waals surface area contributed by atoms with E-state index < -0.39 is 0 Å². The van der Waals surface area contributed by atoms with E-state index in [0.29, 0.717) is 11.5 Å². The number of halogens is 2. The van der Waals surface area contributed by atoms with Gasteiger partial charge in [-0.3, -0.25) is 0 Å². The minimum absolute atomic E-state index is 0.161. The summed E-state index contributed by atoms with van der Waals surface area (Å²) in [6.45, 7) is 0. The number of benzene rings is 1. The Hall–Kier alpha value is -0.600. The van der Waals surface area contributed by atoms with Crippen molar-refractivity contribution in [3.8, 4) is 0 Å². The molecule has 14 heavy (non-hydrogen) atoms. The van der Waals surface area contributed by atoms with Gasteiger partial charge in [-0.25, -0.2) is 4.39 Å². The Balaban J connectivity index is 2.16. The smallest absolute Gasteiger partial charge is 0.146 e. The maximum absolute atomic E-state index is 13.5. The van der Waals surface area contributed by atoms with Gasteiger partial charge in [0.25, 0.3) is 0 Å². The molecule has 1 aliphatic carbocycles. The van der Waals surface area contributed by atoms with Crippen LogP contribution in [0.5, 0.6) is 0 Å². The molecule has 1 aromatic rings. The van der Waals surface area contributed by atoms with E-state index in [2.05, 4.69) is 0 Å². The molecular weight excluding hydrogens is 201 g/mol. The van der Waals surface area contributed by atoms with Crippen molar-refractivity contribution in [3.63, 3.8) is 0 Å². The van der Waals surface area contributed by atoms with Crippen molar-refractivity contribution in [2.45, 2.75) is 25.3 Å². The molecule has 2 rings (SSSR count). The highest BCUT2D eigenvalue weighted by Gasteiger charge is 2.25. The summed E-state index contributed by atoms with van der Waals surface area (Å²) in [7, 11) is 0. The summed E-state index contributed by atoms with van der Waals surface area (Å²) in [5.41, 5.74) is 6.45. The van der Waals surface area contributed by atoms with E-state index in [4.69, 9.17) is 17.3 Å². The van der Waals surface area contributed by atoms with E-state index in [1.165, 1.54) is 12.8 Å². The molecule has 1 atom stereocenters. The van der Waals surface area contributed by atoms with E-state index in [9.17, 15) is 4.39 Å². The lowest BCUT2D eigenvalue weighted by Gasteiger charge is -2.12. The maximum Gasteiger partial charge on any atom is 0.146 e. The van der Waals surface area contributed by atoms with Crippen LogP contribution in [0.15, 0.2) is 18.2 Å². The van der Waals surface area contributed by atoms with Crippen LogP contribution in [0.3, 0.4) is 0 Å². The molecule has 0 unspecified atom stereocenters. The van der Waals surface area contributed by atoms with Crippen LogP contribution in [-0.4, -0.2) is 0 Å². The van der Waals surface area contributed by atoms with E-state index in [0.717, 1.165) is 6.42 Å². The number of rotatable bonds is 3. The van der Waals surface area contributed by atoms with Crippen LogP contribution < -0.4 is 5.73 Å². The molecule has 0 bridgehead atoms. The van der Waals surface area contributed by atoms with Crippen molar-refractivity contribution in [3.05, 3.63) is 34.6 Å². The first-order valence-corrected chi connectivity index (χ1v) is 5.25. The third kappa shape index (κ3) is 2.07. The highest BCUT2D eigenvalue weighted by Crippen LogP contribution is 2.37. The van der Waals surface area contributed by atoms with E-state index in [1.54, 1.807) is 18.2 Å². The lowest BCUT2D eigenvalue weighted by molar-refractivity contribution is 0.543. The molecule has 0 saturated heterocycles. The summed E-state index contributed by atoms with van der Waals surface area (Å²) in [5, 5.41) is 0.161. The summed E-state index contributed by atoms with van der Waals surface area (Å²) in [6, 6.07) is 4.80. The Kier molecular flexibility index (Phi) is 2.75. The topological polar surface area (TPSA) is 26.0 Å². The van der Waals surface area contributed by atoms with Crippen LogP contribution in [0.1, 0.15) is 30.9 Å². The van der Waals surface area contributed by atoms with E-state index >= 15 is 0 Å². The fourth-order valence-corrected chi connectivity index (χ4v) is 1.83. The maximum atomic E-state index is 13.5. The van der Waals surface area contributed by atoms with Crippen molar-refractivity contribution in [1.29, 1.82) is 0 Å². The quantitative estimate of drug-likeness (QED) is 0.820. The van der Waals surface area contributed by atoms with Gasteiger partial charge >= 0.3 is 0 Å². The minimum Gasteiger partial charge on any atom is -0.324 e. The van der Waals surface area contributed by atoms with E-state index in [1.807, 2.05) is 0 Å². The Bertz CT molecular complexity index is 336. The van der Waals surface area contributed by atoms with Gasteiger partial charge in [0.1, 0.15) is 5.82 Å². The largest absolute Gasteiger partial charge is 0.324 e. The average molecular weight is 214 g/mol. The molecule has 1 saturated carbocycles. The molecule has 0 aliphatic heterocycles. The van der Waals surface area contributed by atoms with Gasteiger partial charge < -0.3 is 5.73 Å². The summed E-state index contributed by atoms with van der Waals surface area (Å²) < 4.78 is 13.5. The van der Waals surface area contributed by atoms with Gasteiger partial charge in [-0.15, -0.1) is 0 Å². The van der Waals surface area contributed by atoms with Crippen molar-refractivity contribution in [2.24, 2.45) is 11.7 Å². The Morgan fingerprint density at radius 2 is 2.21 bits per heavy atom. The second-order valence-corrected chi connectivity index (χ2v) is 4.34. The highest BCUT2D eigenvalue weighted by atomic mass is 35.5. The van der Waals surface area contributed by atoms with Gasteiger partial charge in [0.05, 0.1) is 5.02 Å². The molecule has 76 valence electrons. The molecular formula is C11H13ClFN. The zero-order valence-corrected chi connectivity index (χ0v) is 8.60. The lowest BCUT2D eigenvalue weighted by atomic mass is 10.0. The van der Waals surface area contributed by atoms with Crippen LogP contribution in [-0.2, 0) is 0 Å². The van der Waals surface area contributed by atoms with Gasteiger partial charge in [-0.05, 0) is 18.4 Å². The zero-order chi connectivity index (χ0) is 10.1. The lowest BCUT2D eigenvalue weighted by Crippen LogP contribution is -2.12. The monoisotopic (exact) mass is 213 g/mol. The summed E-state index contributed by atoms with van der Waals surface area (Å²) in [5.74, 6) is 0.339. The van der Waals surface area contributed by atoms with Gasteiger partial charge in [-0.1, -0.05) is 36.6 Å². The van der Waals surface area contributed by atoms with Gasteiger partial charge in [-0.2, -0.15) is 0 Å². The van der Waals surface area contributed by atoms with Crippen LogP contribution in [0.4, 0.5) is 4.39 Å². The van der Waals surface area contributed by atoms with Crippen LogP contribution in [0, 0.1) is 11.7 Å². The highest BCUT2D eigenvalue weighted by molar-refractivity contribution is 6.30. The molecule has 2 N–H and O–H groups in total. The Morgan fingerprint density at radius 1 is 1.50 bits per heavy atom. The molecule has 0 aromatic heterocycles. The Labute approximate surface area is 88.1 Å². The zero-order valence-electron chi connectivity index (χ0n) is 7.84. The SMILES string of the molecule is N[C@@H](CC1CC1)c1cccc(Cl)c1F. The summed E-state index contributed by atoms with van der Waals surface area (Å²) >= 11 is 5.68. The van der Waals surface area contributed by atoms with Crippen LogP contribution in [0.25, 0.3) is 0 Å². The second-order valence-electron chi connectivity index (χ2n) is 3.93. The van der Waals surface area contributed by atoms with Crippen molar-refractivity contribution in [2.75, 3.05) is 0 Å². The fraction of sp³-hybridized carbons (Fsp3) is 0.455. The molecule has 3 heteroatoms. The average Bonchev–Trinajstić information content (AvgIpc) is 2.93. The first-order valence-electron chi connectivity index (χ1n) is 4.88. The Morgan fingerprint density at radius 3 is 2.86 bits per heavy atom. The van der Waals surface area contributed by atoms with Crippen LogP contribution in [0.2, 0.25) is 5.02 Å². The van der Waals surface area contributed by atoms with Gasteiger partial charge in [0.2, 0.25) is 0 Å². The number of nitrogens with two attached hydrogens (primary N) is 1. The van der Waals surface area contributed by atoms with E-state index in [-0.39, 0.29) is 16.9 Å². The van der Waals surface area contributed by atoms with Gasteiger partial charge in [0, 0.05) is 11.6 Å². The molecule has 1 nitrogen and oxygen atoms in total. The fourth-order valence-electron chi connectivity index (χ4n) is 1.65. The predicted molar refractivity (Wildman–Crippen MR) is 55.7 cm³/mol. The molecule has 0 amide bonds. The predicted octanol–water partition coefficient (Wildman–Crippen LogP) is 3.28. The normalized spacial score (nSPS) is 18.2. The van der Waals surface area contributed by atoms with Gasteiger partial charge in [0.15, 0.2) is 0 Å². The van der Waals surface area contributed by atoms with Crippen molar-refractivity contribution < 1.29 is 4.39 Å². The molecule has 1 fully saturated rings. The number of hydrogen-bond donors (Lipinski definition) is 1. The standard InChI is InChI=1S/C11H13ClFN/c12-9-3-1-2-8(11(9)13)10(14)6-7-4-5-7/h1-3,7,10H,4-6,14H2/t10-/m0/s1. The second kappa shape index (κ2) is 3.87. The molecule has 0 radical (unpaired) electrons. The summed E-state index contributed by atoms with van der Waals surface area (Å²) in [4.78, 5) is 0. The first-order chi connectivity index (χ1) is 6.68. The first kappa shape index (κ1) is 9.94. The third-order valence-corrected chi connectivity index (χ3v) is 2.96. The molecule has 0 spiro atoms. The number of hydrogen-bond acceptors (Lipinski definition) is 1. The van der Waals surface area contributed by atoms with Crippen molar-refractivity contribution >= 4 is 11.6 Å². The molecule has 1 aliphatic rings.